The van der Waals surface area contributed by atoms with Gasteiger partial charge in [0.05, 0.1) is 6.61 Å². The van der Waals surface area contributed by atoms with E-state index in [0.717, 1.165) is 39.3 Å². The fourth-order valence-corrected chi connectivity index (χ4v) is 3.88. The minimum absolute atomic E-state index is 0.00743. The number of rotatable bonds is 5. The summed E-state index contributed by atoms with van der Waals surface area (Å²) in [6, 6.07) is 6.82. The Bertz CT molecular complexity index is 619. The van der Waals surface area contributed by atoms with E-state index in [9.17, 15) is 9.00 Å². The first-order valence-corrected chi connectivity index (χ1v) is 9.72. The number of hydrogen-bond donors (Lipinski definition) is 2. The molecule has 3 rings (SSSR count). The van der Waals surface area contributed by atoms with Crippen LogP contribution in [0.25, 0.3) is 0 Å². The molecular formula is C17H25N3O4S. The molecule has 7 nitrogen and oxygen atoms in total. The van der Waals surface area contributed by atoms with Gasteiger partial charge in [0, 0.05) is 50.1 Å². The standard InChI is InChI=1S/C17H25N3O4S/c1-13-10-19(11-14-6-9-24-12-14)7-8-20(13)17(21)15-2-4-16(5-3-15)18-25(22)23/h2-5,13-14,18H,6-12H2,1H3,(H,22,23)/t13-,14?/m1/s1. The normalized spacial score (nSPS) is 25.8. The lowest BCUT2D eigenvalue weighted by molar-refractivity contribution is 0.0452. The number of carbonyl (C=O) groups is 1. The third-order valence-electron chi connectivity index (χ3n) is 4.85. The molecule has 1 aromatic carbocycles. The Morgan fingerprint density at radius 1 is 1.36 bits per heavy atom. The Balaban J connectivity index is 1.56. The van der Waals surface area contributed by atoms with Gasteiger partial charge in [-0.05, 0) is 43.5 Å². The third kappa shape index (κ3) is 4.78. The van der Waals surface area contributed by atoms with E-state index in [0.29, 0.717) is 23.7 Å². The van der Waals surface area contributed by atoms with Crippen LogP contribution in [0, 0.1) is 5.92 Å². The molecule has 0 spiro atoms. The van der Waals surface area contributed by atoms with Crippen LogP contribution in [-0.4, -0.2) is 69.9 Å². The highest BCUT2D eigenvalue weighted by molar-refractivity contribution is 7.80. The fourth-order valence-electron chi connectivity index (χ4n) is 3.54. The topological polar surface area (TPSA) is 82.1 Å². The summed E-state index contributed by atoms with van der Waals surface area (Å²) in [6.45, 7) is 7.33. The molecule has 1 amide bonds. The Morgan fingerprint density at radius 2 is 2.12 bits per heavy atom. The molecule has 0 radical (unpaired) electrons. The Kier molecular flexibility index (Phi) is 6.06. The van der Waals surface area contributed by atoms with Crippen molar-refractivity contribution >= 4 is 22.9 Å². The molecule has 2 heterocycles. The van der Waals surface area contributed by atoms with Gasteiger partial charge in [0.2, 0.25) is 0 Å². The summed E-state index contributed by atoms with van der Waals surface area (Å²) in [5, 5.41) is 0. The van der Waals surface area contributed by atoms with Gasteiger partial charge in [-0.1, -0.05) is 0 Å². The van der Waals surface area contributed by atoms with E-state index in [2.05, 4.69) is 16.5 Å². The number of benzene rings is 1. The maximum Gasteiger partial charge on any atom is 0.259 e. The smallest absolute Gasteiger partial charge is 0.259 e. The van der Waals surface area contributed by atoms with Gasteiger partial charge in [-0.2, -0.15) is 0 Å². The highest BCUT2D eigenvalue weighted by Gasteiger charge is 2.29. The zero-order valence-corrected chi connectivity index (χ0v) is 15.2. The fraction of sp³-hybridized carbons (Fsp3) is 0.588. The SMILES string of the molecule is C[C@@H]1CN(CC2CCOC2)CCN1C(=O)c1ccc(NS(=O)O)cc1. The maximum absolute atomic E-state index is 12.8. The van der Waals surface area contributed by atoms with E-state index < -0.39 is 11.3 Å². The van der Waals surface area contributed by atoms with E-state index in [4.69, 9.17) is 9.29 Å². The third-order valence-corrected chi connectivity index (χ3v) is 5.26. The van der Waals surface area contributed by atoms with Gasteiger partial charge in [0.1, 0.15) is 0 Å². The molecule has 2 N–H and O–H groups in total. The Labute approximate surface area is 150 Å². The predicted octanol–water partition coefficient (Wildman–Crippen LogP) is 1.42. The molecule has 2 unspecified atom stereocenters. The molecule has 0 aliphatic carbocycles. The molecular weight excluding hydrogens is 342 g/mol. The average Bonchev–Trinajstić information content (AvgIpc) is 3.07. The van der Waals surface area contributed by atoms with Crippen LogP contribution in [0.4, 0.5) is 5.69 Å². The van der Waals surface area contributed by atoms with Crippen molar-refractivity contribution < 1.29 is 18.3 Å². The monoisotopic (exact) mass is 367 g/mol. The number of hydrogen-bond acceptors (Lipinski definition) is 4. The number of piperazine rings is 1. The van der Waals surface area contributed by atoms with Gasteiger partial charge in [-0.25, -0.2) is 4.21 Å². The molecule has 3 atom stereocenters. The van der Waals surface area contributed by atoms with Crippen molar-refractivity contribution in [2.45, 2.75) is 19.4 Å². The van der Waals surface area contributed by atoms with Crippen LogP contribution in [0.5, 0.6) is 0 Å². The lowest BCUT2D eigenvalue weighted by Gasteiger charge is -2.40. The molecule has 2 fully saturated rings. The summed E-state index contributed by atoms with van der Waals surface area (Å²) in [5.74, 6) is 0.625. The molecule has 0 bridgehead atoms. The minimum atomic E-state index is -2.11. The van der Waals surface area contributed by atoms with Crippen LogP contribution in [0.2, 0.25) is 0 Å². The van der Waals surface area contributed by atoms with E-state index >= 15 is 0 Å². The number of anilines is 1. The summed E-state index contributed by atoms with van der Waals surface area (Å²) in [5.41, 5.74) is 1.10. The van der Waals surface area contributed by atoms with E-state index in [1.165, 1.54) is 0 Å². The second-order valence-electron chi connectivity index (χ2n) is 6.77. The van der Waals surface area contributed by atoms with Crippen molar-refractivity contribution in [3.05, 3.63) is 29.8 Å². The van der Waals surface area contributed by atoms with Crippen molar-refractivity contribution in [3.8, 4) is 0 Å². The van der Waals surface area contributed by atoms with E-state index in [-0.39, 0.29) is 11.9 Å². The summed E-state index contributed by atoms with van der Waals surface area (Å²) in [4.78, 5) is 17.1. The molecule has 1 aromatic rings. The average molecular weight is 367 g/mol. The van der Waals surface area contributed by atoms with Gasteiger partial charge >= 0.3 is 0 Å². The lowest BCUT2D eigenvalue weighted by Crippen LogP contribution is -2.54. The number of carbonyl (C=O) groups excluding carboxylic acids is 1. The van der Waals surface area contributed by atoms with Crippen LogP contribution in [0.1, 0.15) is 23.7 Å². The van der Waals surface area contributed by atoms with Gasteiger partial charge in [0.25, 0.3) is 17.2 Å². The number of ether oxygens (including phenoxy) is 1. The first kappa shape index (κ1) is 18.3. The van der Waals surface area contributed by atoms with E-state index in [1.54, 1.807) is 24.3 Å². The molecule has 0 saturated carbocycles. The lowest BCUT2D eigenvalue weighted by atomic mass is 10.1. The first-order chi connectivity index (χ1) is 12.0. The van der Waals surface area contributed by atoms with Crippen molar-refractivity contribution in [1.29, 1.82) is 0 Å². The second-order valence-corrected chi connectivity index (χ2v) is 7.47. The van der Waals surface area contributed by atoms with Gasteiger partial charge < -0.3 is 9.64 Å². The molecule has 2 saturated heterocycles. The van der Waals surface area contributed by atoms with Crippen LogP contribution >= 0.6 is 0 Å². The summed E-state index contributed by atoms with van der Waals surface area (Å²) >= 11 is -2.11. The highest BCUT2D eigenvalue weighted by Crippen LogP contribution is 2.19. The van der Waals surface area contributed by atoms with Crippen molar-refractivity contribution in [2.24, 2.45) is 5.92 Å². The molecule has 0 aromatic heterocycles. The maximum atomic E-state index is 12.8. The highest BCUT2D eigenvalue weighted by atomic mass is 32.2. The van der Waals surface area contributed by atoms with Crippen molar-refractivity contribution in [1.82, 2.24) is 9.80 Å². The number of amides is 1. The minimum Gasteiger partial charge on any atom is -0.381 e. The van der Waals surface area contributed by atoms with Crippen molar-refractivity contribution in [3.63, 3.8) is 0 Å². The molecule has 25 heavy (non-hydrogen) atoms. The zero-order chi connectivity index (χ0) is 17.8. The van der Waals surface area contributed by atoms with Crippen LogP contribution < -0.4 is 4.72 Å². The van der Waals surface area contributed by atoms with Gasteiger partial charge in [-0.15, -0.1) is 0 Å². The molecule has 138 valence electrons. The van der Waals surface area contributed by atoms with Gasteiger partial charge in [0.15, 0.2) is 0 Å². The molecule has 2 aliphatic rings. The summed E-state index contributed by atoms with van der Waals surface area (Å²) < 4.78 is 27.4. The van der Waals surface area contributed by atoms with E-state index in [1.807, 2.05) is 4.90 Å². The number of nitrogens with zero attached hydrogens (tertiary/aromatic N) is 2. The predicted molar refractivity (Wildman–Crippen MR) is 96.7 cm³/mol. The molecule has 2 aliphatic heterocycles. The van der Waals surface area contributed by atoms with Gasteiger partial charge in [-0.3, -0.25) is 19.0 Å². The van der Waals surface area contributed by atoms with Crippen LogP contribution in [0.15, 0.2) is 24.3 Å². The Morgan fingerprint density at radius 3 is 2.72 bits per heavy atom. The van der Waals surface area contributed by atoms with Crippen LogP contribution in [0.3, 0.4) is 0 Å². The Hall–Kier alpha value is -1.48. The second kappa shape index (κ2) is 8.27. The zero-order valence-electron chi connectivity index (χ0n) is 14.4. The quantitative estimate of drug-likeness (QED) is 0.769. The van der Waals surface area contributed by atoms with Crippen molar-refractivity contribution in [2.75, 3.05) is 44.1 Å². The summed E-state index contributed by atoms with van der Waals surface area (Å²) in [6.07, 6.45) is 1.13. The molecule has 8 heteroatoms. The largest absolute Gasteiger partial charge is 0.381 e. The van der Waals surface area contributed by atoms with Crippen LogP contribution in [-0.2, 0) is 16.0 Å². The summed E-state index contributed by atoms with van der Waals surface area (Å²) in [7, 11) is 0. The first-order valence-electron chi connectivity index (χ1n) is 8.61. The number of nitrogens with one attached hydrogen (secondary N) is 1.